The normalized spacial score (nSPS) is 11.2. The van der Waals surface area contributed by atoms with Crippen LogP contribution in [0.2, 0.25) is 0 Å². The van der Waals surface area contributed by atoms with Crippen LogP contribution < -0.4 is 9.64 Å². The van der Waals surface area contributed by atoms with Crippen LogP contribution in [0.4, 0.5) is 5.69 Å². The number of benzene rings is 2. The SMILES string of the molecule is CCN(CC)c1ccc(/C=C(\C#N)c2nc3ccccc3s2)c(OCCCCC#N)c1. The number of unbranched alkanes of at least 4 members (excludes halogenated alkanes) is 2. The molecule has 0 radical (unpaired) electrons. The molecule has 0 fully saturated rings. The molecule has 158 valence electrons. The first kappa shape index (κ1) is 22.3. The minimum atomic E-state index is 0.520. The molecule has 0 atom stereocenters. The Balaban J connectivity index is 1.94. The van der Waals surface area contributed by atoms with Crippen LogP contribution in [0.15, 0.2) is 42.5 Å². The molecule has 0 saturated carbocycles. The van der Waals surface area contributed by atoms with E-state index in [2.05, 4.69) is 41.9 Å². The van der Waals surface area contributed by atoms with Gasteiger partial charge >= 0.3 is 0 Å². The Bertz CT molecular complexity index is 1100. The van der Waals surface area contributed by atoms with Gasteiger partial charge in [-0.25, -0.2) is 4.98 Å². The number of rotatable bonds is 10. The number of aromatic nitrogens is 1. The molecule has 3 aromatic rings. The number of thiazole rings is 1. The fourth-order valence-electron chi connectivity index (χ4n) is 3.33. The zero-order valence-electron chi connectivity index (χ0n) is 18.0. The van der Waals surface area contributed by atoms with Crippen LogP contribution >= 0.6 is 11.3 Å². The van der Waals surface area contributed by atoms with Crippen LogP contribution in [-0.4, -0.2) is 24.7 Å². The van der Waals surface area contributed by atoms with Crippen molar-refractivity contribution < 1.29 is 4.74 Å². The highest BCUT2D eigenvalue weighted by Crippen LogP contribution is 2.32. The molecule has 6 heteroatoms. The molecule has 0 bridgehead atoms. The van der Waals surface area contributed by atoms with E-state index < -0.39 is 0 Å². The summed E-state index contributed by atoms with van der Waals surface area (Å²) in [5.74, 6) is 0.746. The van der Waals surface area contributed by atoms with Crippen LogP contribution in [-0.2, 0) is 0 Å². The molecule has 31 heavy (non-hydrogen) atoms. The summed E-state index contributed by atoms with van der Waals surface area (Å²) in [5, 5.41) is 19.2. The third-order valence-corrected chi connectivity index (χ3v) is 6.08. The van der Waals surface area contributed by atoms with Gasteiger partial charge in [0.05, 0.1) is 28.5 Å². The lowest BCUT2D eigenvalue weighted by atomic mass is 10.1. The number of hydrogen-bond donors (Lipinski definition) is 0. The fourth-order valence-corrected chi connectivity index (χ4v) is 4.26. The molecule has 1 heterocycles. The monoisotopic (exact) mass is 430 g/mol. The minimum Gasteiger partial charge on any atom is -0.493 e. The topological polar surface area (TPSA) is 72.9 Å². The summed E-state index contributed by atoms with van der Waals surface area (Å²) in [5.41, 5.74) is 3.36. The Morgan fingerprint density at radius 3 is 2.65 bits per heavy atom. The maximum Gasteiger partial charge on any atom is 0.135 e. The molecule has 0 aliphatic heterocycles. The molecule has 0 aliphatic carbocycles. The van der Waals surface area contributed by atoms with Gasteiger partial charge in [-0.05, 0) is 57.0 Å². The van der Waals surface area contributed by atoms with Gasteiger partial charge in [0.1, 0.15) is 16.8 Å². The Morgan fingerprint density at radius 2 is 1.94 bits per heavy atom. The van der Waals surface area contributed by atoms with E-state index in [1.54, 1.807) is 0 Å². The number of hydrogen-bond acceptors (Lipinski definition) is 6. The van der Waals surface area contributed by atoms with Gasteiger partial charge < -0.3 is 9.64 Å². The third-order valence-electron chi connectivity index (χ3n) is 5.01. The van der Waals surface area contributed by atoms with Crippen molar-refractivity contribution in [1.82, 2.24) is 4.98 Å². The Labute approximate surface area is 187 Å². The van der Waals surface area contributed by atoms with E-state index >= 15 is 0 Å². The Hall–Kier alpha value is -3.35. The van der Waals surface area contributed by atoms with Crippen LogP contribution in [0.5, 0.6) is 5.75 Å². The van der Waals surface area contributed by atoms with Crippen LogP contribution in [0.1, 0.15) is 43.7 Å². The highest BCUT2D eigenvalue weighted by molar-refractivity contribution is 7.19. The van der Waals surface area contributed by atoms with E-state index in [0.29, 0.717) is 23.6 Å². The molecule has 1 aromatic heterocycles. The number of nitrogens with zero attached hydrogens (tertiary/aromatic N) is 4. The molecule has 2 aromatic carbocycles. The van der Waals surface area contributed by atoms with Crippen LogP contribution in [0.3, 0.4) is 0 Å². The van der Waals surface area contributed by atoms with E-state index in [9.17, 15) is 5.26 Å². The predicted molar refractivity (Wildman–Crippen MR) is 128 cm³/mol. The van der Waals surface area contributed by atoms with Gasteiger partial charge in [-0.2, -0.15) is 10.5 Å². The van der Waals surface area contributed by atoms with Gasteiger partial charge in [-0.1, -0.05) is 12.1 Å². The number of nitriles is 2. The number of anilines is 1. The second-order valence-electron chi connectivity index (χ2n) is 7.01. The average Bonchev–Trinajstić information content (AvgIpc) is 3.23. The van der Waals surface area contributed by atoms with E-state index in [0.717, 1.165) is 53.1 Å². The van der Waals surface area contributed by atoms with Crippen molar-refractivity contribution in [3.05, 3.63) is 53.0 Å². The van der Waals surface area contributed by atoms with Gasteiger partial charge in [-0.3, -0.25) is 0 Å². The number of fused-ring (bicyclic) bond motifs is 1. The first-order valence-corrected chi connectivity index (χ1v) is 11.4. The molecule has 3 rings (SSSR count). The highest BCUT2D eigenvalue weighted by Gasteiger charge is 2.12. The van der Waals surface area contributed by atoms with E-state index in [1.807, 2.05) is 42.5 Å². The van der Waals surface area contributed by atoms with E-state index in [1.165, 1.54) is 11.3 Å². The molecule has 0 aliphatic rings. The molecular formula is C25H26N4OS. The van der Waals surface area contributed by atoms with Crippen molar-refractivity contribution in [2.24, 2.45) is 0 Å². The number of para-hydroxylation sites is 1. The summed E-state index contributed by atoms with van der Waals surface area (Å²) in [6, 6.07) is 18.5. The second kappa shape index (κ2) is 11.2. The standard InChI is InChI=1S/C25H26N4OS/c1-3-29(4-2)21-13-12-19(23(17-21)30-15-9-5-8-14-26)16-20(18-27)25-28-22-10-6-7-11-24(22)31-25/h6-7,10-13,16-17H,3-5,8-9,15H2,1-2H3/b20-16+. The Morgan fingerprint density at radius 1 is 1.13 bits per heavy atom. The molecule has 0 spiro atoms. The van der Waals surface area contributed by atoms with Crippen LogP contribution in [0, 0.1) is 22.7 Å². The van der Waals surface area contributed by atoms with Gasteiger partial charge in [0.2, 0.25) is 0 Å². The fraction of sp³-hybridized carbons (Fsp3) is 0.320. The van der Waals surface area contributed by atoms with E-state index in [-0.39, 0.29) is 0 Å². The quantitative estimate of drug-likeness (QED) is 0.279. The minimum absolute atomic E-state index is 0.520. The van der Waals surface area contributed by atoms with Gasteiger partial charge in [0.15, 0.2) is 0 Å². The Kier molecular flexibility index (Phi) is 8.04. The summed E-state index contributed by atoms with van der Waals surface area (Å²) in [7, 11) is 0. The zero-order valence-corrected chi connectivity index (χ0v) is 18.8. The van der Waals surface area contributed by atoms with Crippen LogP contribution in [0.25, 0.3) is 21.9 Å². The third kappa shape index (κ3) is 5.63. The van der Waals surface area contributed by atoms with Gasteiger partial charge in [0, 0.05) is 36.8 Å². The maximum absolute atomic E-state index is 9.82. The van der Waals surface area contributed by atoms with Crippen molar-refractivity contribution in [2.75, 3.05) is 24.6 Å². The summed E-state index contributed by atoms with van der Waals surface area (Å²) in [6.07, 6.45) is 4.02. The van der Waals surface area contributed by atoms with Crippen molar-refractivity contribution in [1.29, 1.82) is 10.5 Å². The van der Waals surface area contributed by atoms with Gasteiger partial charge in [-0.15, -0.1) is 11.3 Å². The average molecular weight is 431 g/mol. The summed E-state index contributed by atoms with van der Waals surface area (Å²) < 4.78 is 7.16. The lowest BCUT2D eigenvalue weighted by Crippen LogP contribution is -2.21. The predicted octanol–water partition coefficient (Wildman–Crippen LogP) is 6.28. The second-order valence-corrected chi connectivity index (χ2v) is 8.05. The van der Waals surface area contributed by atoms with Crippen molar-refractivity contribution in [3.63, 3.8) is 0 Å². The first-order valence-electron chi connectivity index (χ1n) is 10.6. The smallest absolute Gasteiger partial charge is 0.135 e. The van der Waals surface area contributed by atoms with Crippen molar-refractivity contribution in [2.45, 2.75) is 33.1 Å². The molecule has 0 N–H and O–H groups in total. The first-order chi connectivity index (χ1) is 15.2. The lowest BCUT2D eigenvalue weighted by Gasteiger charge is -2.22. The van der Waals surface area contributed by atoms with E-state index in [4.69, 9.17) is 10.00 Å². The number of ether oxygens (including phenoxy) is 1. The zero-order chi connectivity index (χ0) is 22.1. The summed E-state index contributed by atoms with van der Waals surface area (Å²) >= 11 is 1.52. The molecule has 0 unspecified atom stereocenters. The summed E-state index contributed by atoms with van der Waals surface area (Å²) in [4.78, 5) is 6.88. The molecule has 5 nitrogen and oxygen atoms in total. The highest BCUT2D eigenvalue weighted by atomic mass is 32.1. The molecular weight excluding hydrogens is 404 g/mol. The maximum atomic E-state index is 9.82. The summed E-state index contributed by atoms with van der Waals surface area (Å²) in [6.45, 7) is 6.60. The largest absolute Gasteiger partial charge is 0.493 e. The lowest BCUT2D eigenvalue weighted by molar-refractivity contribution is 0.307. The van der Waals surface area contributed by atoms with Crippen molar-refractivity contribution in [3.8, 4) is 17.9 Å². The molecule has 0 saturated heterocycles. The van der Waals surface area contributed by atoms with Gasteiger partial charge in [0.25, 0.3) is 0 Å². The van der Waals surface area contributed by atoms with Crippen molar-refractivity contribution >= 4 is 38.9 Å². The number of allylic oxidation sites excluding steroid dienone is 1. The molecule has 0 amide bonds.